The fourth-order valence-electron chi connectivity index (χ4n) is 3.74. The molecule has 2 aromatic carbocycles. The molecule has 0 radical (unpaired) electrons. The summed E-state index contributed by atoms with van der Waals surface area (Å²) in [4.78, 5) is 10.4. The van der Waals surface area contributed by atoms with Crippen molar-refractivity contribution in [3.05, 3.63) is 70.8 Å². The van der Waals surface area contributed by atoms with E-state index in [1.807, 2.05) is 0 Å². The van der Waals surface area contributed by atoms with E-state index in [0.717, 1.165) is 45.1 Å². The number of carbonyl (C=O) groups excluding carboxylic acids is 1. The summed E-state index contributed by atoms with van der Waals surface area (Å²) < 4.78 is 0. The first-order valence-electron chi connectivity index (χ1n) is 9.34. The van der Waals surface area contributed by atoms with Crippen LogP contribution in [0.2, 0.25) is 0 Å². The van der Waals surface area contributed by atoms with Crippen LogP contribution in [0, 0.1) is 0 Å². The second-order valence-electron chi connectivity index (χ2n) is 6.82. The Morgan fingerprint density at radius 1 is 0.885 bits per heavy atom. The summed E-state index contributed by atoms with van der Waals surface area (Å²) in [7, 11) is 0. The van der Waals surface area contributed by atoms with E-state index in [1.54, 1.807) is 0 Å². The smallest absolute Gasteiger partial charge is 0.550 e. The third-order valence-corrected chi connectivity index (χ3v) is 5.05. The zero-order valence-electron chi connectivity index (χ0n) is 15.7. The molecule has 1 aliphatic rings. The Balaban J connectivity index is 0.00000243. The van der Waals surface area contributed by atoms with Crippen LogP contribution in [0.25, 0.3) is 0 Å². The maximum atomic E-state index is 10.4. The molecule has 132 valence electrons. The standard InChI is InChI=1S/C22H27NO2.Na/c24-21(25)13-3-1-2-8-16-23-22-19-11-6-4-9-17(19)14-15-18-10-5-7-12-20(18)22;/h4-7,9-12,22-23H,1-3,8,13-16H2,(H,24,25);/q;+1/p-1. The molecule has 0 aromatic heterocycles. The van der Waals surface area contributed by atoms with E-state index in [4.69, 9.17) is 0 Å². The van der Waals surface area contributed by atoms with Crippen molar-refractivity contribution in [2.45, 2.75) is 51.0 Å². The molecule has 0 saturated carbocycles. The summed E-state index contributed by atoms with van der Waals surface area (Å²) in [6, 6.07) is 17.7. The number of fused-ring (bicyclic) bond motifs is 2. The van der Waals surface area contributed by atoms with Crippen molar-refractivity contribution >= 4 is 5.97 Å². The predicted octanol–water partition coefficient (Wildman–Crippen LogP) is 0.169. The van der Waals surface area contributed by atoms with Crippen LogP contribution in [0.15, 0.2) is 48.5 Å². The number of hydrogen-bond donors (Lipinski definition) is 1. The first-order chi connectivity index (χ1) is 12.3. The Labute approximate surface area is 178 Å². The van der Waals surface area contributed by atoms with Crippen LogP contribution < -0.4 is 40.0 Å². The van der Waals surface area contributed by atoms with Gasteiger partial charge in [-0.1, -0.05) is 61.4 Å². The summed E-state index contributed by atoms with van der Waals surface area (Å²) in [5.41, 5.74) is 5.66. The fraction of sp³-hybridized carbons (Fsp3) is 0.409. The number of rotatable bonds is 8. The Morgan fingerprint density at radius 3 is 2.00 bits per heavy atom. The van der Waals surface area contributed by atoms with E-state index in [-0.39, 0.29) is 42.0 Å². The number of carboxylic acid groups (broad SMARTS) is 1. The van der Waals surface area contributed by atoms with Gasteiger partial charge in [0.15, 0.2) is 0 Å². The van der Waals surface area contributed by atoms with E-state index in [0.29, 0.717) is 0 Å². The molecule has 4 heteroatoms. The molecule has 2 aromatic rings. The molecule has 0 unspecified atom stereocenters. The van der Waals surface area contributed by atoms with Gasteiger partial charge in [0.2, 0.25) is 0 Å². The van der Waals surface area contributed by atoms with Gasteiger partial charge in [-0.25, -0.2) is 0 Å². The minimum absolute atomic E-state index is 0. The van der Waals surface area contributed by atoms with Crippen molar-refractivity contribution in [1.29, 1.82) is 0 Å². The molecular formula is C22H26NNaO2. The number of aryl methyl sites for hydroxylation is 2. The Morgan fingerprint density at radius 2 is 1.42 bits per heavy atom. The van der Waals surface area contributed by atoms with Gasteiger partial charge in [0.25, 0.3) is 0 Å². The first-order valence-corrected chi connectivity index (χ1v) is 9.34. The summed E-state index contributed by atoms with van der Waals surface area (Å²) in [5.74, 6) is -0.940. The molecule has 1 N–H and O–H groups in total. The van der Waals surface area contributed by atoms with Crippen LogP contribution >= 0.6 is 0 Å². The maximum absolute atomic E-state index is 10.4. The van der Waals surface area contributed by atoms with Gasteiger partial charge < -0.3 is 15.2 Å². The summed E-state index contributed by atoms with van der Waals surface area (Å²) in [5, 5.41) is 14.2. The van der Waals surface area contributed by atoms with E-state index >= 15 is 0 Å². The molecule has 1 aliphatic carbocycles. The zero-order valence-corrected chi connectivity index (χ0v) is 17.7. The van der Waals surface area contributed by atoms with E-state index in [9.17, 15) is 9.90 Å². The molecule has 0 spiro atoms. The van der Waals surface area contributed by atoms with E-state index in [1.165, 1.54) is 22.3 Å². The number of benzene rings is 2. The summed E-state index contributed by atoms with van der Waals surface area (Å²) in [6.07, 6.45) is 6.15. The topological polar surface area (TPSA) is 52.2 Å². The second-order valence-corrected chi connectivity index (χ2v) is 6.82. The average molecular weight is 359 g/mol. The number of carboxylic acids is 1. The predicted molar refractivity (Wildman–Crippen MR) is 98.2 cm³/mol. The third-order valence-electron chi connectivity index (χ3n) is 5.05. The van der Waals surface area contributed by atoms with Crippen LogP contribution in [-0.2, 0) is 17.6 Å². The molecular weight excluding hydrogens is 333 g/mol. The largest absolute Gasteiger partial charge is 1.00 e. The second kappa shape index (κ2) is 10.9. The number of hydrogen-bond acceptors (Lipinski definition) is 3. The van der Waals surface area contributed by atoms with E-state index in [2.05, 4.69) is 53.8 Å². The molecule has 0 atom stereocenters. The fourth-order valence-corrected chi connectivity index (χ4v) is 3.74. The van der Waals surface area contributed by atoms with Gasteiger partial charge in [0.05, 0.1) is 6.04 Å². The van der Waals surface area contributed by atoms with Crippen molar-refractivity contribution < 1.29 is 39.5 Å². The molecule has 0 saturated heterocycles. The van der Waals surface area contributed by atoms with E-state index < -0.39 is 5.97 Å². The van der Waals surface area contributed by atoms with Crippen molar-refractivity contribution in [2.75, 3.05) is 6.54 Å². The maximum Gasteiger partial charge on any atom is 1.00 e. The Kier molecular flexibility index (Phi) is 8.86. The SMILES string of the molecule is O=C([O-])CCCCCCNC1c2ccccc2CCc2ccccc21.[Na+]. The third kappa shape index (κ3) is 5.68. The van der Waals surface area contributed by atoms with Gasteiger partial charge in [-0.3, -0.25) is 0 Å². The van der Waals surface area contributed by atoms with Gasteiger partial charge in [0, 0.05) is 5.97 Å². The molecule has 0 fully saturated rings. The average Bonchev–Trinajstić information content (AvgIpc) is 2.78. The van der Waals surface area contributed by atoms with Gasteiger partial charge in [-0.05, 0) is 60.9 Å². The molecule has 0 aliphatic heterocycles. The van der Waals surface area contributed by atoms with Crippen LogP contribution in [0.1, 0.15) is 60.4 Å². The molecule has 0 bridgehead atoms. The van der Waals surface area contributed by atoms with Gasteiger partial charge >= 0.3 is 29.6 Å². The molecule has 3 nitrogen and oxygen atoms in total. The monoisotopic (exact) mass is 359 g/mol. The number of nitrogens with one attached hydrogen (secondary N) is 1. The van der Waals surface area contributed by atoms with Gasteiger partial charge in [0.1, 0.15) is 0 Å². The Hall–Kier alpha value is -1.13. The summed E-state index contributed by atoms with van der Waals surface area (Å²) >= 11 is 0. The Bertz CT molecular complexity index is 669. The number of aliphatic carboxylic acids is 1. The number of unbranched alkanes of at least 4 members (excludes halogenated alkanes) is 3. The molecule has 0 amide bonds. The first kappa shape index (κ1) is 21.2. The van der Waals surface area contributed by atoms with Crippen LogP contribution in [0.3, 0.4) is 0 Å². The minimum Gasteiger partial charge on any atom is -0.550 e. The molecule has 26 heavy (non-hydrogen) atoms. The van der Waals surface area contributed by atoms with Crippen molar-refractivity contribution in [2.24, 2.45) is 0 Å². The van der Waals surface area contributed by atoms with Crippen LogP contribution in [0.4, 0.5) is 0 Å². The molecule has 3 rings (SSSR count). The van der Waals surface area contributed by atoms with Crippen LogP contribution in [0.5, 0.6) is 0 Å². The van der Waals surface area contributed by atoms with Crippen molar-refractivity contribution in [1.82, 2.24) is 5.32 Å². The number of carbonyl (C=O) groups is 1. The van der Waals surface area contributed by atoms with Crippen molar-refractivity contribution in [3.8, 4) is 0 Å². The van der Waals surface area contributed by atoms with Crippen LogP contribution in [-0.4, -0.2) is 12.5 Å². The molecule has 0 heterocycles. The summed E-state index contributed by atoms with van der Waals surface area (Å²) in [6.45, 7) is 0.943. The minimum atomic E-state index is -0.940. The normalized spacial score (nSPS) is 13.2. The van der Waals surface area contributed by atoms with Crippen molar-refractivity contribution in [3.63, 3.8) is 0 Å². The van der Waals surface area contributed by atoms with Gasteiger partial charge in [-0.15, -0.1) is 0 Å². The zero-order chi connectivity index (χ0) is 17.5. The van der Waals surface area contributed by atoms with Gasteiger partial charge in [-0.2, -0.15) is 0 Å². The quantitative estimate of drug-likeness (QED) is 0.540.